The number of anilines is 1. The van der Waals surface area contributed by atoms with E-state index < -0.39 is 11.6 Å². The largest absolute Gasteiger partial charge is 0.497 e. The Morgan fingerprint density at radius 2 is 1.84 bits per heavy atom. The number of ether oxygens (including phenoxy) is 1. The maximum atomic E-state index is 13.2. The van der Waals surface area contributed by atoms with Crippen LogP contribution in [0.25, 0.3) is 0 Å². The number of halogens is 2. The molecule has 2 aromatic carbocycles. The number of nitrogen functional groups attached to an aromatic ring is 1. The van der Waals surface area contributed by atoms with Gasteiger partial charge in [-0.25, -0.2) is 8.78 Å². The maximum absolute atomic E-state index is 13.2. The van der Waals surface area contributed by atoms with Gasteiger partial charge in [-0.3, -0.25) is 0 Å². The normalized spacial score (nSPS) is 10.5. The summed E-state index contributed by atoms with van der Waals surface area (Å²) >= 11 is 0. The minimum Gasteiger partial charge on any atom is -0.497 e. The molecule has 4 heteroatoms. The summed E-state index contributed by atoms with van der Waals surface area (Å²) in [5.74, 6) is -1.03. The molecule has 0 aliphatic rings. The smallest absolute Gasteiger partial charge is 0.159 e. The number of hydrogen-bond acceptors (Lipinski definition) is 2. The van der Waals surface area contributed by atoms with E-state index in [4.69, 9.17) is 10.5 Å². The van der Waals surface area contributed by atoms with Crippen LogP contribution < -0.4 is 10.5 Å². The summed E-state index contributed by atoms with van der Waals surface area (Å²) in [7, 11) is 1.56. The van der Waals surface area contributed by atoms with Crippen molar-refractivity contribution in [3.63, 3.8) is 0 Å². The van der Waals surface area contributed by atoms with Gasteiger partial charge in [0, 0.05) is 11.8 Å². The molecule has 0 aliphatic heterocycles. The number of rotatable bonds is 3. The van der Waals surface area contributed by atoms with Crippen molar-refractivity contribution in [3.8, 4) is 5.75 Å². The van der Waals surface area contributed by atoms with Crippen LogP contribution in [-0.2, 0) is 6.42 Å². The molecule has 19 heavy (non-hydrogen) atoms. The molecule has 0 unspecified atom stereocenters. The van der Waals surface area contributed by atoms with Gasteiger partial charge in [0.15, 0.2) is 11.6 Å². The minimum atomic E-state index is -0.842. The summed E-state index contributed by atoms with van der Waals surface area (Å²) in [5, 5.41) is 0. The van der Waals surface area contributed by atoms with Crippen LogP contribution >= 0.6 is 0 Å². The lowest BCUT2D eigenvalue weighted by molar-refractivity contribution is 0.414. The van der Waals surface area contributed by atoms with Gasteiger partial charge in [0.2, 0.25) is 0 Å². The highest BCUT2D eigenvalue weighted by atomic mass is 19.2. The topological polar surface area (TPSA) is 35.2 Å². The molecule has 0 aliphatic carbocycles. The summed E-state index contributed by atoms with van der Waals surface area (Å²) in [6.07, 6.45) is 0.477. The Hall–Kier alpha value is -2.10. The summed E-state index contributed by atoms with van der Waals surface area (Å²) in [5.41, 5.74) is 9.06. The second-order valence-electron chi connectivity index (χ2n) is 4.43. The van der Waals surface area contributed by atoms with E-state index in [0.717, 1.165) is 17.2 Å². The lowest BCUT2D eigenvalue weighted by atomic mass is 9.99. The van der Waals surface area contributed by atoms with E-state index in [9.17, 15) is 8.78 Å². The van der Waals surface area contributed by atoms with Crippen molar-refractivity contribution >= 4 is 5.69 Å². The molecule has 0 saturated heterocycles. The summed E-state index contributed by atoms with van der Waals surface area (Å²) in [4.78, 5) is 0. The SMILES string of the molecule is COc1cc(N)c(C)c(Cc2ccc(F)c(F)c2)c1. The van der Waals surface area contributed by atoms with Crippen molar-refractivity contribution in [3.05, 3.63) is 58.7 Å². The maximum Gasteiger partial charge on any atom is 0.159 e. The zero-order valence-corrected chi connectivity index (χ0v) is 10.8. The predicted molar refractivity (Wildman–Crippen MR) is 71.3 cm³/mol. The van der Waals surface area contributed by atoms with Crippen LogP contribution in [0.5, 0.6) is 5.75 Å². The van der Waals surface area contributed by atoms with Gasteiger partial charge in [-0.1, -0.05) is 6.07 Å². The Morgan fingerprint density at radius 3 is 2.47 bits per heavy atom. The molecular formula is C15H15F2NO. The monoisotopic (exact) mass is 263 g/mol. The number of nitrogens with two attached hydrogens (primary N) is 1. The molecule has 2 nitrogen and oxygen atoms in total. The molecular weight excluding hydrogens is 248 g/mol. The quantitative estimate of drug-likeness (QED) is 0.861. The third kappa shape index (κ3) is 2.84. The van der Waals surface area contributed by atoms with Crippen molar-refractivity contribution in [2.24, 2.45) is 0 Å². The fourth-order valence-electron chi connectivity index (χ4n) is 1.94. The molecule has 2 N–H and O–H groups in total. The standard InChI is InChI=1S/C15H15F2NO/c1-9-11(7-12(19-2)8-15(9)18)5-10-3-4-13(16)14(17)6-10/h3-4,6-8H,5,18H2,1-2H3. The van der Waals surface area contributed by atoms with Crippen LogP contribution in [0.3, 0.4) is 0 Å². The average molecular weight is 263 g/mol. The van der Waals surface area contributed by atoms with Gasteiger partial charge in [0.1, 0.15) is 5.75 Å². The average Bonchev–Trinajstić information content (AvgIpc) is 2.39. The van der Waals surface area contributed by atoms with Gasteiger partial charge in [-0.15, -0.1) is 0 Å². The Bertz CT molecular complexity index is 611. The van der Waals surface area contributed by atoms with Crippen LogP contribution in [0, 0.1) is 18.6 Å². The second kappa shape index (κ2) is 5.26. The van der Waals surface area contributed by atoms with E-state index in [2.05, 4.69) is 0 Å². The molecule has 0 spiro atoms. The molecule has 0 heterocycles. The lowest BCUT2D eigenvalue weighted by Crippen LogP contribution is -1.99. The van der Waals surface area contributed by atoms with Gasteiger partial charge in [0.25, 0.3) is 0 Å². The molecule has 0 atom stereocenters. The molecule has 2 aromatic rings. The van der Waals surface area contributed by atoms with Crippen LogP contribution in [0.1, 0.15) is 16.7 Å². The van der Waals surface area contributed by atoms with E-state index in [1.54, 1.807) is 19.2 Å². The van der Waals surface area contributed by atoms with E-state index in [0.29, 0.717) is 23.4 Å². The number of benzene rings is 2. The zero-order chi connectivity index (χ0) is 14.0. The van der Waals surface area contributed by atoms with Gasteiger partial charge >= 0.3 is 0 Å². The number of hydrogen-bond donors (Lipinski definition) is 1. The Kier molecular flexibility index (Phi) is 3.69. The first-order chi connectivity index (χ1) is 9.01. The van der Waals surface area contributed by atoms with Crippen molar-refractivity contribution in [1.82, 2.24) is 0 Å². The third-order valence-corrected chi connectivity index (χ3v) is 3.14. The molecule has 0 bridgehead atoms. The zero-order valence-electron chi connectivity index (χ0n) is 10.8. The second-order valence-corrected chi connectivity index (χ2v) is 4.43. The molecule has 2 rings (SSSR count). The van der Waals surface area contributed by atoms with Crippen LogP contribution in [0.15, 0.2) is 30.3 Å². The van der Waals surface area contributed by atoms with Gasteiger partial charge in [-0.05, 0) is 48.2 Å². The van der Waals surface area contributed by atoms with Crippen LogP contribution in [-0.4, -0.2) is 7.11 Å². The molecule has 0 aromatic heterocycles. The van der Waals surface area contributed by atoms with E-state index >= 15 is 0 Å². The van der Waals surface area contributed by atoms with Gasteiger partial charge in [0.05, 0.1) is 7.11 Å². The molecule has 0 radical (unpaired) electrons. The highest BCUT2D eigenvalue weighted by molar-refractivity contribution is 5.55. The van der Waals surface area contributed by atoms with Crippen molar-refractivity contribution in [1.29, 1.82) is 0 Å². The first kappa shape index (κ1) is 13.3. The third-order valence-electron chi connectivity index (χ3n) is 3.14. The van der Waals surface area contributed by atoms with E-state index in [-0.39, 0.29) is 0 Å². The van der Waals surface area contributed by atoms with Crippen molar-refractivity contribution in [2.45, 2.75) is 13.3 Å². The first-order valence-corrected chi connectivity index (χ1v) is 5.88. The fraction of sp³-hybridized carbons (Fsp3) is 0.200. The lowest BCUT2D eigenvalue weighted by Gasteiger charge is -2.11. The van der Waals surface area contributed by atoms with Gasteiger partial charge in [-0.2, -0.15) is 0 Å². The van der Waals surface area contributed by atoms with E-state index in [1.165, 1.54) is 6.07 Å². The highest BCUT2D eigenvalue weighted by Gasteiger charge is 2.08. The molecule has 100 valence electrons. The predicted octanol–water partition coefficient (Wildman–Crippen LogP) is 3.45. The molecule has 0 fully saturated rings. The van der Waals surface area contributed by atoms with Crippen molar-refractivity contribution < 1.29 is 13.5 Å². The fourth-order valence-corrected chi connectivity index (χ4v) is 1.94. The van der Waals surface area contributed by atoms with Crippen LogP contribution in [0.4, 0.5) is 14.5 Å². The van der Waals surface area contributed by atoms with E-state index in [1.807, 2.05) is 13.0 Å². The summed E-state index contributed by atoms with van der Waals surface area (Å²) in [6.45, 7) is 1.89. The van der Waals surface area contributed by atoms with Crippen molar-refractivity contribution in [2.75, 3.05) is 12.8 Å². The summed E-state index contributed by atoms with van der Waals surface area (Å²) < 4.78 is 31.2. The number of methoxy groups -OCH3 is 1. The molecule has 0 saturated carbocycles. The van der Waals surface area contributed by atoms with Gasteiger partial charge < -0.3 is 10.5 Å². The Balaban J connectivity index is 2.37. The minimum absolute atomic E-state index is 0.477. The molecule has 0 amide bonds. The first-order valence-electron chi connectivity index (χ1n) is 5.88. The Labute approximate surface area is 110 Å². The Morgan fingerprint density at radius 1 is 1.11 bits per heavy atom. The summed E-state index contributed by atoms with van der Waals surface area (Å²) in [6, 6.07) is 7.48. The highest BCUT2D eigenvalue weighted by Crippen LogP contribution is 2.26. The van der Waals surface area contributed by atoms with Crippen LogP contribution in [0.2, 0.25) is 0 Å².